The van der Waals surface area contributed by atoms with E-state index in [1.807, 2.05) is 12.4 Å². The van der Waals surface area contributed by atoms with E-state index in [0.717, 1.165) is 31.9 Å². The molecule has 3 rings (SSSR count). The number of likely N-dealkylation sites (tertiary alicyclic amines) is 1. The fourth-order valence-corrected chi connectivity index (χ4v) is 2.84. The molecule has 2 aromatic rings. The molecule has 4 nitrogen and oxygen atoms in total. The van der Waals surface area contributed by atoms with Crippen LogP contribution in [0.5, 0.6) is 5.75 Å². The zero-order valence-electron chi connectivity index (χ0n) is 13.1. The highest BCUT2D eigenvalue weighted by Gasteiger charge is 2.32. The zero-order chi connectivity index (χ0) is 15.5. The summed E-state index contributed by atoms with van der Waals surface area (Å²) in [7, 11) is 0. The van der Waals surface area contributed by atoms with E-state index in [0.29, 0.717) is 11.8 Å². The highest BCUT2D eigenvalue weighted by atomic mass is 19.1. The van der Waals surface area contributed by atoms with Crippen molar-refractivity contribution in [2.45, 2.75) is 39.0 Å². The number of hydrogen-bond acceptors (Lipinski definition) is 3. The molecule has 5 heteroatoms. The minimum atomic E-state index is -0.292. The van der Waals surface area contributed by atoms with Crippen molar-refractivity contribution < 1.29 is 9.13 Å². The number of rotatable bonds is 6. The Hall–Kier alpha value is -1.88. The maximum Gasteiger partial charge on any atom is 0.165 e. The van der Waals surface area contributed by atoms with Gasteiger partial charge in [0.05, 0.1) is 0 Å². The number of nitrogens with zero attached hydrogens (tertiary/aromatic N) is 3. The largest absolute Gasteiger partial charge is 0.485 e. The van der Waals surface area contributed by atoms with Gasteiger partial charge in [-0.2, -0.15) is 0 Å². The summed E-state index contributed by atoms with van der Waals surface area (Å²) in [6.07, 6.45) is 4.90. The Balaban J connectivity index is 1.50. The molecule has 22 heavy (non-hydrogen) atoms. The highest BCUT2D eigenvalue weighted by Crippen LogP contribution is 2.22. The quantitative estimate of drug-likeness (QED) is 0.822. The molecule has 118 valence electrons. The summed E-state index contributed by atoms with van der Waals surface area (Å²) in [5.41, 5.74) is 0. The Morgan fingerprint density at radius 1 is 1.36 bits per heavy atom. The van der Waals surface area contributed by atoms with Gasteiger partial charge in [0.25, 0.3) is 0 Å². The maximum absolute atomic E-state index is 13.6. The molecule has 0 amide bonds. The molecule has 1 aliphatic heterocycles. The average molecular weight is 303 g/mol. The van der Waals surface area contributed by atoms with Crippen molar-refractivity contribution in [3.05, 3.63) is 48.3 Å². The molecule has 1 aromatic heterocycles. The standard InChI is InChI=1S/C17H22FN3O/c1-3-17-19-8-9-20(17)10-13(2)21-11-14(12-21)22-16-7-5-4-6-15(16)18/h4-9,13-14H,3,10-12H2,1-2H3. The third-order valence-electron chi connectivity index (χ3n) is 4.21. The van der Waals surface area contributed by atoms with Crippen molar-refractivity contribution in [2.75, 3.05) is 13.1 Å². The molecular weight excluding hydrogens is 281 g/mol. The van der Waals surface area contributed by atoms with Crippen LogP contribution >= 0.6 is 0 Å². The van der Waals surface area contributed by atoms with Crippen LogP contribution in [0, 0.1) is 5.82 Å². The van der Waals surface area contributed by atoms with Gasteiger partial charge in [-0.15, -0.1) is 0 Å². The lowest BCUT2D eigenvalue weighted by molar-refractivity contribution is -0.0105. The zero-order valence-corrected chi connectivity index (χ0v) is 13.1. The van der Waals surface area contributed by atoms with E-state index in [1.165, 1.54) is 6.07 Å². The summed E-state index contributed by atoms with van der Waals surface area (Å²) in [6, 6.07) is 7.00. The Bertz CT molecular complexity index is 622. The van der Waals surface area contributed by atoms with Crippen molar-refractivity contribution in [3.8, 4) is 5.75 Å². The molecular formula is C17H22FN3O. The van der Waals surface area contributed by atoms with Gasteiger partial charge >= 0.3 is 0 Å². The fourth-order valence-electron chi connectivity index (χ4n) is 2.84. The first-order valence-electron chi connectivity index (χ1n) is 7.82. The number of hydrogen-bond donors (Lipinski definition) is 0. The normalized spacial score (nSPS) is 17.2. The second-order valence-corrected chi connectivity index (χ2v) is 5.82. The number of halogens is 1. The van der Waals surface area contributed by atoms with E-state index in [9.17, 15) is 4.39 Å². The second kappa shape index (κ2) is 6.48. The third kappa shape index (κ3) is 3.14. The summed E-state index contributed by atoms with van der Waals surface area (Å²) in [5.74, 6) is 1.18. The van der Waals surface area contributed by atoms with Crippen LogP contribution in [-0.2, 0) is 13.0 Å². The van der Waals surface area contributed by atoms with E-state index >= 15 is 0 Å². The summed E-state index contributed by atoms with van der Waals surface area (Å²) < 4.78 is 21.5. The molecule has 1 aliphatic rings. The monoisotopic (exact) mass is 303 g/mol. The lowest BCUT2D eigenvalue weighted by Crippen LogP contribution is -2.57. The van der Waals surface area contributed by atoms with Crippen LogP contribution in [0.2, 0.25) is 0 Å². The predicted octanol–water partition coefficient (Wildman–Crippen LogP) is 2.74. The molecule has 0 radical (unpaired) electrons. The SMILES string of the molecule is CCc1nccn1CC(C)N1CC(Oc2ccccc2F)C1. The average Bonchev–Trinajstić information content (AvgIpc) is 2.91. The molecule has 0 spiro atoms. The molecule has 0 aliphatic carbocycles. The number of benzene rings is 1. The summed E-state index contributed by atoms with van der Waals surface area (Å²) in [5, 5.41) is 0. The van der Waals surface area contributed by atoms with Crippen molar-refractivity contribution in [2.24, 2.45) is 0 Å². The molecule has 1 saturated heterocycles. The van der Waals surface area contributed by atoms with Gasteiger partial charge in [-0.25, -0.2) is 9.37 Å². The van der Waals surface area contributed by atoms with Gasteiger partial charge in [0, 0.05) is 44.5 Å². The second-order valence-electron chi connectivity index (χ2n) is 5.82. The van der Waals surface area contributed by atoms with Crippen LogP contribution in [0.15, 0.2) is 36.7 Å². The minimum absolute atomic E-state index is 0.0767. The maximum atomic E-state index is 13.6. The van der Waals surface area contributed by atoms with Gasteiger partial charge in [0.2, 0.25) is 0 Å². The third-order valence-corrected chi connectivity index (χ3v) is 4.21. The highest BCUT2D eigenvalue weighted by molar-refractivity contribution is 5.24. The van der Waals surface area contributed by atoms with Gasteiger partial charge in [-0.3, -0.25) is 4.90 Å². The lowest BCUT2D eigenvalue weighted by Gasteiger charge is -2.43. The van der Waals surface area contributed by atoms with E-state index in [4.69, 9.17) is 4.74 Å². The Labute approximate surface area is 130 Å². The number of aromatic nitrogens is 2. The van der Waals surface area contributed by atoms with Gasteiger partial charge < -0.3 is 9.30 Å². The van der Waals surface area contributed by atoms with E-state index < -0.39 is 0 Å². The van der Waals surface area contributed by atoms with Crippen molar-refractivity contribution in [3.63, 3.8) is 0 Å². The number of ether oxygens (including phenoxy) is 1. The van der Waals surface area contributed by atoms with Gasteiger partial charge in [-0.1, -0.05) is 19.1 Å². The smallest absolute Gasteiger partial charge is 0.165 e. The minimum Gasteiger partial charge on any atom is -0.485 e. The van der Waals surface area contributed by atoms with Crippen LogP contribution in [-0.4, -0.2) is 39.7 Å². The summed E-state index contributed by atoms with van der Waals surface area (Å²) >= 11 is 0. The number of imidazole rings is 1. The summed E-state index contributed by atoms with van der Waals surface area (Å²) in [6.45, 7) is 6.93. The first-order chi connectivity index (χ1) is 10.7. The van der Waals surface area contributed by atoms with Crippen LogP contribution in [0.3, 0.4) is 0 Å². The molecule has 1 unspecified atom stereocenters. The van der Waals surface area contributed by atoms with Crippen LogP contribution in [0.4, 0.5) is 4.39 Å². The van der Waals surface area contributed by atoms with E-state index in [-0.39, 0.29) is 11.9 Å². The van der Waals surface area contributed by atoms with Crippen LogP contribution in [0.1, 0.15) is 19.7 Å². The van der Waals surface area contributed by atoms with Crippen molar-refractivity contribution in [1.82, 2.24) is 14.5 Å². The van der Waals surface area contributed by atoms with Gasteiger partial charge in [0.1, 0.15) is 11.9 Å². The van der Waals surface area contributed by atoms with Gasteiger partial charge in [0.15, 0.2) is 11.6 Å². The molecule has 1 fully saturated rings. The van der Waals surface area contributed by atoms with Crippen LogP contribution in [0.25, 0.3) is 0 Å². The first-order valence-corrected chi connectivity index (χ1v) is 7.82. The fraction of sp³-hybridized carbons (Fsp3) is 0.471. The van der Waals surface area contributed by atoms with Crippen molar-refractivity contribution >= 4 is 0 Å². The molecule has 2 heterocycles. The molecule has 1 aromatic carbocycles. The van der Waals surface area contributed by atoms with Crippen LogP contribution < -0.4 is 4.74 Å². The topological polar surface area (TPSA) is 30.3 Å². The lowest BCUT2D eigenvalue weighted by atomic mass is 10.1. The molecule has 0 bridgehead atoms. The first kappa shape index (κ1) is 15.0. The molecule has 1 atom stereocenters. The number of aryl methyl sites for hydroxylation is 1. The molecule has 0 N–H and O–H groups in total. The van der Waals surface area contributed by atoms with Gasteiger partial charge in [-0.05, 0) is 19.1 Å². The van der Waals surface area contributed by atoms with E-state index in [1.54, 1.807) is 18.2 Å². The van der Waals surface area contributed by atoms with Crippen molar-refractivity contribution in [1.29, 1.82) is 0 Å². The summed E-state index contributed by atoms with van der Waals surface area (Å²) in [4.78, 5) is 6.70. The Kier molecular flexibility index (Phi) is 4.43. The number of para-hydroxylation sites is 1. The predicted molar refractivity (Wildman–Crippen MR) is 83.5 cm³/mol. The van der Waals surface area contributed by atoms with E-state index in [2.05, 4.69) is 28.3 Å². The Morgan fingerprint density at radius 2 is 2.14 bits per heavy atom. The molecule has 0 saturated carbocycles. The Morgan fingerprint density at radius 3 is 2.86 bits per heavy atom.